The number of carbonyl (C=O) groups is 2. The molecule has 1 aromatic carbocycles. The molecule has 1 heterocycles. The largest absolute Gasteiger partial charge is 0.367 e. The van der Waals surface area contributed by atoms with Crippen molar-refractivity contribution in [3.63, 3.8) is 0 Å². The highest BCUT2D eigenvalue weighted by atomic mass is 19.1. The van der Waals surface area contributed by atoms with Crippen LogP contribution in [0.1, 0.15) is 12.5 Å². The zero-order valence-electron chi connectivity index (χ0n) is 11.7. The maximum absolute atomic E-state index is 13.2. The van der Waals surface area contributed by atoms with E-state index in [9.17, 15) is 14.0 Å². The van der Waals surface area contributed by atoms with Gasteiger partial charge in [0, 0.05) is 12.6 Å². The molecule has 0 unspecified atom stereocenters. The van der Waals surface area contributed by atoms with Crippen molar-refractivity contribution in [2.24, 2.45) is 5.73 Å². The lowest BCUT2D eigenvalue weighted by Crippen LogP contribution is -2.50. The topological polar surface area (TPSA) is 72.6 Å². The first-order valence-electron chi connectivity index (χ1n) is 6.61. The van der Waals surface area contributed by atoms with Crippen molar-refractivity contribution in [3.8, 4) is 0 Å². The zero-order valence-corrected chi connectivity index (χ0v) is 11.7. The number of carbonyl (C=O) groups excluding carboxylic acids is 2. The van der Waals surface area contributed by atoms with Crippen LogP contribution >= 0.6 is 0 Å². The van der Waals surface area contributed by atoms with Gasteiger partial charge in [0.25, 0.3) is 0 Å². The van der Waals surface area contributed by atoms with E-state index < -0.39 is 12.0 Å². The van der Waals surface area contributed by atoms with Crippen LogP contribution in [-0.2, 0) is 14.3 Å². The number of rotatable bonds is 3. The Bertz CT molecular complexity index is 586. The molecule has 0 spiro atoms. The molecule has 1 aliphatic heterocycles. The molecule has 1 atom stereocenters. The number of halogens is 1. The van der Waals surface area contributed by atoms with Crippen molar-refractivity contribution < 1.29 is 18.7 Å². The number of morpholine rings is 1. The van der Waals surface area contributed by atoms with Crippen LogP contribution in [0, 0.1) is 5.82 Å². The highest BCUT2D eigenvalue weighted by Crippen LogP contribution is 2.16. The Kier molecular flexibility index (Phi) is 4.70. The van der Waals surface area contributed by atoms with E-state index in [1.807, 2.05) is 0 Å². The number of amides is 2. The monoisotopic (exact) mass is 292 g/mol. The first kappa shape index (κ1) is 15.2. The summed E-state index contributed by atoms with van der Waals surface area (Å²) in [5, 5.41) is 0. The summed E-state index contributed by atoms with van der Waals surface area (Å²) < 4.78 is 18.4. The van der Waals surface area contributed by atoms with Gasteiger partial charge in [0.05, 0.1) is 13.2 Å². The third kappa shape index (κ3) is 3.88. The SMILES string of the molecule is C/C(=C/C(=O)N1CCO[C@H](C(N)=O)C1)c1cccc(F)c1. The third-order valence-electron chi connectivity index (χ3n) is 3.32. The summed E-state index contributed by atoms with van der Waals surface area (Å²) in [7, 11) is 0. The quantitative estimate of drug-likeness (QED) is 0.843. The average Bonchev–Trinajstić information content (AvgIpc) is 2.47. The minimum absolute atomic E-state index is 0.140. The van der Waals surface area contributed by atoms with E-state index in [0.717, 1.165) is 0 Å². The van der Waals surface area contributed by atoms with Crippen LogP contribution in [0.3, 0.4) is 0 Å². The van der Waals surface area contributed by atoms with Crippen molar-refractivity contribution in [2.45, 2.75) is 13.0 Å². The van der Waals surface area contributed by atoms with Crippen molar-refractivity contribution in [1.29, 1.82) is 0 Å². The van der Waals surface area contributed by atoms with Crippen LogP contribution in [0.5, 0.6) is 0 Å². The molecule has 1 saturated heterocycles. The summed E-state index contributed by atoms with van der Waals surface area (Å²) >= 11 is 0. The maximum atomic E-state index is 13.2. The lowest BCUT2D eigenvalue weighted by Gasteiger charge is -2.30. The Morgan fingerprint density at radius 2 is 2.24 bits per heavy atom. The molecule has 0 aliphatic carbocycles. The van der Waals surface area contributed by atoms with Crippen LogP contribution < -0.4 is 5.73 Å². The van der Waals surface area contributed by atoms with Gasteiger partial charge >= 0.3 is 0 Å². The van der Waals surface area contributed by atoms with Crippen LogP contribution in [0.2, 0.25) is 0 Å². The van der Waals surface area contributed by atoms with Gasteiger partial charge in [-0.1, -0.05) is 12.1 Å². The molecule has 0 radical (unpaired) electrons. The summed E-state index contributed by atoms with van der Waals surface area (Å²) in [6.07, 6.45) is 0.656. The van der Waals surface area contributed by atoms with Crippen LogP contribution in [-0.4, -0.2) is 42.5 Å². The minimum atomic E-state index is -0.773. The highest BCUT2D eigenvalue weighted by molar-refractivity contribution is 5.95. The van der Waals surface area contributed by atoms with Gasteiger partial charge in [-0.2, -0.15) is 0 Å². The second-order valence-electron chi connectivity index (χ2n) is 4.88. The normalized spacial score (nSPS) is 19.4. The molecule has 2 amide bonds. The fraction of sp³-hybridized carbons (Fsp3) is 0.333. The summed E-state index contributed by atoms with van der Waals surface area (Å²) in [6.45, 7) is 2.54. The maximum Gasteiger partial charge on any atom is 0.248 e. The summed E-state index contributed by atoms with van der Waals surface area (Å²) in [5.74, 6) is -1.18. The first-order chi connectivity index (χ1) is 9.97. The van der Waals surface area contributed by atoms with Gasteiger partial charge in [0.15, 0.2) is 6.10 Å². The average molecular weight is 292 g/mol. The van der Waals surface area contributed by atoms with E-state index in [0.29, 0.717) is 17.7 Å². The standard InChI is InChI=1S/C15H17FN2O3/c1-10(11-3-2-4-12(16)8-11)7-14(19)18-5-6-21-13(9-18)15(17)20/h2-4,7-8,13H,5-6,9H2,1H3,(H2,17,20)/b10-7-/t13-/m0/s1. The van der Waals surface area contributed by atoms with Gasteiger partial charge in [-0.15, -0.1) is 0 Å². The van der Waals surface area contributed by atoms with E-state index in [1.165, 1.54) is 23.1 Å². The van der Waals surface area contributed by atoms with Crippen molar-refractivity contribution in [1.82, 2.24) is 4.90 Å². The molecule has 21 heavy (non-hydrogen) atoms. The molecule has 1 aliphatic rings. The van der Waals surface area contributed by atoms with E-state index in [-0.39, 0.29) is 24.9 Å². The number of nitrogens with zero attached hydrogens (tertiary/aromatic N) is 1. The number of hydrogen-bond donors (Lipinski definition) is 1. The first-order valence-corrected chi connectivity index (χ1v) is 6.61. The molecule has 0 saturated carbocycles. The Labute approximate surface area is 122 Å². The molecular formula is C15H17FN2O3. The number of primary amides is 1. The zero-order chi connectivity index (χ0) is 15.4. The molecule has 112 valence electrons. The van der Waals surface area contributed by atoms with Gasteiger partial charge in [0.1, 0.15) is 5.82 Å². The molecule has 0 aromatic heterocycles. The third-order valence-corrected chi connectivity index (χ3v) is 3.32. The second kappa shape index (κ2) is 6.49. The Hall–Kier alpha value is -2.21. The van der Waals surface area contributed by atoms with Crippen molar-refractivity contribution in [3.05, 3.63) is 41.7 Å². The lowest BCUT2D eigenvalue weighted by molar-refractivity contribution is -0.142. The molecule has 6 heteroatoms. The van der Waals surface area contributed by atoms with E-state index in [2.05, 4.69) is 0 Å². The fourth-order valence-electron chi connectivity index (χ4n) is 2.12. The molecular weight excluding hydrogens is 275 g/mol. The molecule has 0 bridgehead atoms. The van der Waals surface area contributed by atoms with E-state index in [4.69, 9.17) is 10.5 Å². The van der Waals surface area contributed by atoms with Gasteiger partial charge in [-0.05, 0) is 30.2 Å². The number of benzene rings is 1. The Morgan fingerprint density at radius 3 is 2.90 bits per heavy atom. The lowest BCUT2D eigenvalue weighted by atomic mass is 10.1. The Morgan fingerprint density at radius 1 is 1.48 bits per heavy atom. The number of ether oxygens (including phenoxy) is 1. The van der Waals surface area contributed by atoms with Crippen molar-refractivity contribution in [2.75, 3.05) is 19.7 Å². The van der Waals surface area contributed by atoms with Gasteiger partial charge < -0.3 is 15.4 Å². The van der Waals surface area contributed by atoms with Crippen LogP contribution in [0.4, 0.5) is 4.39 Å². The molecule has 2 rings (SSSR count). The van der Waals surface area contributed by atoms with E-state index >= 15 is 0 Å². The van der Waals surface area contributed by atoms with Crippen molar-refractivity contribution >= 4 is 17.4 Å². The number of allylic oxidation sites excluding steroid dienone is 1. The fourth-order valence-corrected chi connectivity index (χ4v) is 2.12. The summed E-state index contributed by atoms with van der Waals surface area (Å²) in [4.78, 5) is 24.8. The van der Waals surface area contributed by atoms with E-state index in [1.54, 1.807) is 19.1 Å². The number of nitrogens with two attached hydrogens (primary N) is 1. The number of hydrogen-bond acceptors (Lipinski definition) is 3. The van der Waals surface area contributed by atoms with Gasteiger partial charge in [0.2, 0.25) is 11.8 Å². The minimum Gasteiger partial charge on any atom is -0.367 e. The van der Waals surface area contributed by atoms with Crippen LogP contribution in [0.15, 0.2) is 30.3 Å². The highest BCUT2D eigenvalue weighted by Gasteiger charge is 2.26. The smallest absolute Gasteiger partial charge is 0.248 e. The summed E-state index contributed by atoms with van der Waals surface area (Å²) in [6, 6.07) is 6.03. The van der Waals surface area contributed by atoms with Gasteiger partial charge in [-0.3, -0.25) is 9.59 Å². The second-order valence-corrected chi connectivity index (χ2v) is 4.88. The Balaban J connectivity index is 2.09. The summed E-state index contributed by atoms with van der Waals surface area (Å²) in [5.41, 5.74) is 6.48. The molecule has 1 fully saturated rings. The molecule has 2 N–H and O–H groups in total. The van der Waals surface area contributed by atoms with Crippen LogP contribution in [0.25, 0.3) is 5.57 Å². The molecule has 5 nitrogen and oxygen atoms in total. The predicted molar refractivity (Wildman–Crippen MR) is 75.6 cm³/mol. The van der Waals surface area contributed by atoms with Gasteiger partial charge in [-0.25, -0.2) is 4.39 Å². The predicted octanol–water partition coefficient (Wildman–Crippen LogP) is 0.942. The molecule has 1 aromatic rings.